The zero-order valence-corrected chi connectivity index (χ0v) is 11.3. The third-order valence-electron chi connectivity index (χ3n) is 3.19. The number of rotatable bonds is 3. The zero-order chi connectivity index (χ0) is 14.0. The molecule has 0 aliphatic carbocycles. The van der Waals surface area contributed by atoms with Gasteiger partial charge in [-0.2, -0.15) is 0 Å². The molecule has 0 amide bonds. The highest BCUT2D eigenvalue weighted by Crippen LogP contribution is 2.29. The number of aliphatic hydroxyl groups is 1. The molecule has 0 aliphatic heterocycles. The van der Waals surface area contributed by atoms with Crippen molar-refractivity contribution in [3.05, 3.63) is 64.5 Å². The first kappa shape index (κ1) is 13.6. The molecular formula is C16H17FO2. The molecule has 0 fully saturated rings. The first-order chi connectivity index (χ1) is 9.02. The van der Waals surface area contributed by atoms with Gasteiger partial charge in [0, 0.05) is 5.56 Å². The van der Waals surface area contributed by atoms with Crippen molar-refractivity contribution in [2.24, 2.45) is 0 Å². The molecule has 0 radical (unpaired) electrons. The van der Waals surface area contributed by atoms with Gasteiger partial charge in [0.2, 0.25) is 0 Å². The first-order valence-electron chi connectivity index (χ1n) is 6.11. The summed E-state index contributed by atoms with van der Waals surface area (Å²) in [5.74, 6) is 0.280. The van der Waals surface area contributed by atoms with Crippen LogP contribution in [0, 0.1) is 19.7 Å². The Kier molecular flexibility index (Phi) is 3.86. The van der Waals surface area contributed by atoms with Crippen molar-refractivity contribution in [2.45, 2.75) is 20.0 Å². The Morgan fingerprint density at radius 2 is 1.84 bits per heavy atom. The lowest BCUT2D eigenvalue weighted by molar-refractivity contribution is 0.214. The van der Waals surface area contributed by atoms with E-state index in [1.165, 1.54) is 6.07 Å². The second-order valence-corrected chi connectivity index (χ2v) is 4.66. The maximum Gasteiger partial charge on any atom is 0.129 e. The average molecular weight is 260 g/mol. The monoisotopic (exact) mass is 260 g/mol. The highest BCUT2D eigenvalue weighted by molar-refractivity contribution is 5.41. The van der Waals surface area contributed by atoms with E-state index in [1.807, 2.05) is 19.9 Å². The third-order valence-corrected chi connectivity index (χ3v) is 3.19. The third kappa shape index (κ3) is 2.76. The molecule has 0 bridgehead atoms. The number of halogens is 1. The van der Waals surface area contributed by atoms with Gasteiger partial charge in [0.1, 0.15) is 17.7 Å². The van der Waals surface area contributed by atoms with Gasteiger partial charge in [-0.15, -0.1) is 0 Å². The van der Waals surface area contributed by atoms with Crippen molar-refractivity contribution >= 4 is 0 Å². The predicted molar refractivity (Wildman–Crippen MR) is 72.9 cm³/mol. The van der Waals surface area contributed by atoms with E-state index in [0.29, 0.717) is 11.3 Å². The summed E-state index contributed by atoms with van der Waals surface area (Å²) >= 11 is 0. The quantitative estimate of drug-likeness (QED) is 0.914. The van der Waals surface area contributed by atoms with Crippen molar-refractivity contribution < 1.29 is 14.2 Å². The molecule has 3 heteroatoms. The van der Waals surface area contributed by atoms with Crippen molar-refractivity contribution in [2.75, 3.05) is 7.11 Å². The van der Waals surface area contributed by atoms with Crippen LogP contribution in [-0.2, 0) is 0 Å². The Hall–Kier alpha value is -1.87. The highest BCUT2D eigenvalue weighted by Gasteiger charge is 2.16. The number of benzene rings is 2. The molecule has 19 heavy (non-hydrogen) atoms. The summed E-state index contributed by atoms with van der Waals surface area (Å²) in [6, 6.07) is 10.1. The fourth-order valence-electron chi connectivity index (χ4n) is 2.06. The van der Waals surface area contributed by atoms with Gasteiger partial charge in [0.05, 0.1) is 7.11 Å². The molecule has 0 aromatic heterocycles. The molecule has 100 valence electrons. The van der Waals surface area contributed by atoms with Crippen molar-refractivity contribution in [1.82, 2.24) is 0 Å². The minimum Gasteiger partial charge on any atom is -0.496 e. The Balaban J connectivity index is 2.43. The first-order valence-corrected chi connectivity index (χ1v) is 6.11. The summed E-state index contributed by atoms with van der Waals surface area (Å²) in [5.41, 5.74) is 2.79. The summed E-state index contributed by atoms with van der Waals surface area (Å²) in [7, 11) is 1.58. The molecule has 2 nitrogen and oxygen atoms in total. The van der Waals surface area contributed by atoms with Gasteiger partial charge >= 0.3 is 0 Å². The maximum absolute atomic E-state index is 13.8. The standard InChI is InChI=1S/C16H17FO2/c1-10-4-7-14(17)13(8-10)16(18)12-6-5-11(2)15(9-12)19-3/h4-9,16,18H,1-3H3. The lowest BCUT2D eigenvalue weighted by Gasteiger charge is -2.15. The fraction of sp³-hybridized carbons (Fsp3) is 0.250. The summed E-state index contributed by atoms with van der Waals surface area (Å²) < 4.78 is 19.0. The second kappa shape index (κ2) is 5.41. The molecule has 0 heterocycles. The average Bonchev–Trinajstić information content (AvgIpc) is 2.41. The van der Waals surface area contributed by atoms with Crippen LogP contribution in [0.5, 0.6) is 5.75 Å². The Morgan fingerprint density at radius 1 is 1.11 bits per heavy atom. The van der Waals surface area contributed by atoms with E-state index < -0.39 is 11.9 Å². The van der Waals surface area contributed by atoms with Gasteiger partial charge in [-0.1, -0.05) is 29.8 Å². The number of aliphatic hydroxyl groups excluding tert-OH is 1. The lowest BCUT2D eigenvalue weighted by atomic mass is 9.98. The van der Waals surface area contributed by atoms with E-state index >= 15 is 0 Å². The number of ether oxygens (including phenoxy) is 1. The molecular weight excluding hydrogens is 243 g/mol. The van der Waals surface area contributed by atoms with Gasteiger partial charge in [-0.05, 0) is 37.1 Å². The van der Waals surface area contributed by atoms with Crippen LogP contribution in [0.1, 0.15) is 28.4 Å². The number of hydrogen-bond acceptors (Lipinski definition) is 2. The van der Waals surface area contributed by atoms with Gasteiger partial charge in [0.25, 0.3) is 0 Å². The Bertz CT molecular complexity index is 593. The molecule has 1 N–H and O–H groups in total. The van der Waals surface area contributed by atoms with Crippen molar-refractivity contribution in [1.29, 1.82) is 0 Å². The molecule has 1 unspecified atom stereocenters. The van der Waals surface area contributed by atoms with E-state index in [9.17, 15) is 9.50 Å². The topological polar surface area (TPSA) is 29.5 Å². The number of aryl methyl sites for hydroxylation is 2. The molecule has 0 aliphatic rings. The molecule has 0 saturated heterocycles. The zero-order valence-electron chi connectivity index (χ0n) is 11.3. The molecule has 2 rings (SSSR count). The van der Waals surface area contributed by atoms with Crippen LogP contribution >= 0.6 is 0 Å². The van der Waals surface area contributed by atoms with Crippen LogP contribution < -0.4 is 4.74 Å². The minimum absolute atomic E-state index is 0.283. The molecule has 0 saturated carbocycles. The van der Waals surface area contributed by atoms with Crippen LogP contribution in [0.3, 0.4) is 0 Å². The van der Waals surface area contributed by atoms with Gasteiger partial charge in [-0.3, -0.25) is 0 Å². The number of methoxy groups -OCH3 is 1. The van der Waals surface area contributed by atoms with E-state index in [4.69, 9.17) is 4.74 Å². The Labute approximate surface area is 112 Å². The van der Waals surface area contributed by atoms with Crippen LogP contribution in [0.15, 0.2) is 36.4 Å². The predicted octanol–water partition coefficient (Wildman–Crippen LogP) is 3.53. The van der Waals surface area contributed by atoms with Crippen LogP contribution in [0.2, 0.25) is 0 Å². The summed E-state index contributed by atoms with van der Waals surface area (Å²) in [5, 5.41) is 10.3. The highest BCUT2D eigenvalue weighted by atomic mass is 19.1. The fourth-order valence-corrected chi connectivity index (χ4v) is 2.06. The van der Waals surface area contributed by atoms with E-state index in [2.05, 4.69) is 0 Å². The Morgan fingerprint density at radius 3 is 2.53 bits per heavy atom. The van der Waals surface area contributed by atoms with Crippen LogP contribution in [0.4, 0.5) is 4.39 Å². The van der Waals surface area contributed by atoms with Crippen LogP contribution in [0.25, 0.3) is 0 Å². The molecule has 2 aromatic rings. The van der Waals surface area contributed by atoms with E-state index in [0.717, 1.165) is 11.1 Å². The largest absolute Gasteiger partial charge is 0.496 e. The molecule has 2 aromatic carbocycles. The van der Waals surface area contributed by atoms with Crippen molar-refractivity contribution in [3.63, 3.8) is 0 Å². The SMILES string of the molecule is COc1cc(C(O)c2cc(C)ccc2F)ccc1C. The lowest BCUT2D eigenvalue weighted by Crippen LogP contribution is -2.04. The van der Waals surface area contributed by atoms with Crippen molar-refractivity contribution in [3.8, 4) is 5.75 Å². The minimum atomic E-state index is -0.991. The number of hydrogen-bond donors (Lipinski definition) is 1. The summed E-state index contributed by atoms with van der Waals surface area (Å²) in [6.07, 6.45) is -0.991. The van der Waals surface area contributed by atoms with Gasteiger partial charge in [-0.25, -0.2) is 4.39 Å². The summed E-state index contributed by atoms with van der Waals surface area (Å²) in [4.78, 5) is 0. The molecule has 1 atom stereocenters. The van der Waals surface area contributed by atoms with Gasteiger partial charge in [0.15, 0.2) is 0 Å². The van der Waals surface area contributed by atoms with Gasteiger partial charge < -0.3 is 9.84 Å². The second-order valence-electron chi connectivity index (χ2n) is 4.66. The van der Waals surface area contributed by atoms with E-state index in [-0.39, 0.29) is 5.56 Å². The maximum atomic E-state index is 13.8. The smallest absolute Gasteiger partial charge is 0.129 e. The van der Waals surface area contributed by atoms with Crippen LogP contribution in [-0.4, -0.2) is 12.2 Å². The normalized spacial score (nSPS) is 12.3. The summed E-state index contributed by atoms with van der Waals surface area (Å²) in [6.45, 7) is 3.79. The molecule has 0 spiro atoms. The van der Waals surface area contributed by atoms with E-state index in [1.54, 1.807) is 31.4 Å².